The lowest BCUT2D eigenvalue weighted by atomic mass is 10.1. The van der Waals surface area contributed by atoms with Crippen molar-refractivity contribution in [2.24, 2.45) is 0 Å². The van der Waals surface area contributed by atoms with Gasteiger partial charge in [0.25, 0.3) is 5.91 Å². The fraction of sp³-hybridized carbons (Fsp3) is 0.235. The van der Waals surface area contributed by atoms with Gasteiger partial charge >= 0.3 is 5.97 Å². The number of hydrogen-bond acceptors (Lipinski definition) is 5. The smallest absolute Gasteiger partial charge is 0.306 e. The van der Waals surface area contributed by atoms with Gasteiger partial charge in [-0.15, -0.1) is 0 Å². The molecule has 0 aliphatic rings. The van der Waals surface area contributed by atoms with Gasteiger partial charge in [0, 0.05) is 6.42 Å². The number of halogens is 1. The number of carbonyl (C=O) groups is 3. The summed E-state index contributed by atoms with van der Waals surface area (Å²) in [5, 5.41) is 2.01. The number of hydrogen-bond donors (Lipinski definition) is 2. The van der Waals surface area contributed by atoms with Crippen LogP contribution in [0.5, 0.6) is 5.75 Å². The van der Waals surface area contributed by atoms with Gasteiger partial charge in [-0.05, 0) is 32.8 Å². The van der Waals surface area contributed by atoms with Crippen LogP contribution in [0.4, 0.5) is 0 Å². The molecule has 2 rings (SSSR count). The summed E-state index contributed by atoms with van der Waals surface area (Å²) in [6.07, 6.45) is -0.136. The van der Waals surface area contributed by atoms with Gasteiger partial charge in [-0.3, -0.25) is 25.2 Å². The standard InChI is InChI=1S/C17H17BrN2O5/c1-24-16(23)9-8-14(21)19-20-15(22)10-25-13-7-6-11-4-2-3-5-12(11)17(13)18/h2-7H,8-10H2,1H3,(H,19,21)(H,20,22). The number of methoxy groups -OCH3 is 1. The van der Waals surface area contributed by atoms with E-state index in [0.717, 1.165) is 15.2 Å². The quantitative estimate of drug-likeness (QED) is 0.563. The molecule has 2 amide bonds. The molecule has 0 heterocycles. The molecule has 0 saturated heterocycles. The molecule has 0 bridgehead atoms. The number of hydrazine groups is 1. The Labute approximate surface area is 152 Å². The summed E-state index contributed by atoms with van der Waals surface area (Å²) < 4.78 is 10.6. The van der Waals surface area contributed by atoms with Gasteiger partial charge < -0.3 is 9.47 Å². The Kier molecular flexibility index (Phi) is 6.76. The highest BCUT2D eigenvalue weighted by atomic mass is 79.9. The molecule has 0 atom stereocenters. The minimum atomic E-state index is -0.522. The lowest BCUT2D eigenvalue weighted by molar-refractivity contribution is -0.142. The van der Waals surface area contributed by atoms with E-state index in [1.807, 2.05) is 30.3 Å². The molecule has 0 aromatic heterocycles. The van der Waals surface area contributed by atoms with E-state index in [2.05, 4.69) is 31.5 Å². The Morgan fingerprint density at radius 3 is 2.48 bits per heavy atom. The molecule has 8 heteroatoms. The van der Waals surface area contributed by atoms with Crippen molar-refractivity contribution < 1.29 is 23.9 Å². The molecule has 0 fully saturated rings. The van der Waals surface area contributed by atoms with Crippen molar-refractivity contribution in [3.05, 3.63) is 40.9 Å². The highest BCUT2D eigenvalue weighted by Gasteiger charge is 2.10. The lowest BCUT2D eigenvalue weighted by Crippen LogP contribution is -2.43. The number of esters is 1. The second-order valence-electron chi connectivity index (χ2n) is 5.06. The predicted molar refractivity (Wildman–Crippen MR) is 94.7 cm³/mol. The van der Waals surface area contributed by atoms with Gasteiger partial charge in [0.15, 0.2) is 6.61 Å². The normalized spacial score (nSPS) is 10.2. The molecule has 132 valence electrons. The monoisotopic (exact) mass is 408 g/mol. The molecule has 0 aliphatic heterocycles. The van der Waals surface area contributed by atoms with Gasteiger partial charge in [-0.2, -0.15) is 0 Å². The van der Waals surface area contributed by atoms with E-state index in [4.69, 9.17) is 4.74 Å². The van der Waals surface area contributed by atoms with Crippen LogP contribution in [0.15, 0.2) is 40.9 Å². The summed E-state index contributed by atoms with van der Waals surface area (Å²) in [6.45, 7) is -0.270. The Bertz CT molecular complexity index is 794. The summed E-state index contributed by atoms with van der Waals surface area (Å²) in [6, 6.07) is 11.4. The predicted octanol–water partition coefficient (Wildman–Crippen LogP) is 2.08. The van der Waals surface area contributed by atoms with Crippen LogP contribution < -0.4 is 15.6 Å². The van der Waals surface area contributed by atoms with E-state index in [1.54, 1.807) is 6.07 Å². The van der Waals surface area contributed by atoms with E-state index in [1.165, 1.54) is 7.11 Å². The highest BCUT2D eigenvalue weighted by Crippen LogP contribution is 2.32. The Morgan fingerprint density at radius 2 is 1.72 bits per heavy atom. The van der Waals surface area contributed by atoms with Crippen LogP contribution in [0.3, 0.4) is 0 Å². The minimum Gasteiger partial charge on any atom is -0.483 e. The number of amides is 2. The second kappa shape index (κ2) is 9.03. The Morgan fingerprint density at radius 1 is 1.00 bits per heavy atom. The maximum atomic E-state index is 11.7. The zero-order valence-electron chi connectivity index (χ0n) is 13.5. The number of nitrogens with one attached hydrogen (secondary N) is 2. The first-order valence-corrected chi connectivity index (χ1v) is 8.25. The zero-order valence-corrected chi connectivity index (χ0v) is 15.1. The van der Waals surface area contributed by atoms with E-state index in [9.17, 15) is 14.4 Å². The van der Waals surface area contributed by atoms with Gasteiger partial charge in [-0.1, -0.05) is 30.3 Å². The van der Waals surface area contributed by atoms with E-state index in [0.29, 0.717) is 5.75 Å². The number of carbonyl (C=O) groups excluding carboxylic acids is 3. The maximum Gasteiger partial charge on any atom is 0.306 e. The van der Waals surface area contributed by atoms with E-state index in [-0.39, 0.29) is 19.4 Å². The average Bonchev–Trinajstić information content (AvgIpc) is 2.64. The molecule has 2 aromatic carbocycles. The number of benzene rings is 2. The second-order valence-corrected chi connectivity index (χ2v) is 5.85. The van der Waals surface area contributed by atoms with Crippen molar-refractivity contribution in [1.29, 1.82) is 0 Å². The van der Waals surface area contributed by atoms with Crippen LogP contribution in [0.1, 0.15) is 12.8 Å². The van der Waals surface area contributed by atoms with Crippen LogP contribution in [0.25, 0.3) is 10.8 Å². The first-order chi connectivity index (χ1) is 12.0. The molecule has 0 unspecified atom stereocenters. The number of fused-ring (bicyclic) bond motifs is 1. The zero-order chi connectivity index (χ0) is 18.2. The number of ether oxygens (including phenoxy) is 2. The molecular weight excluding hydrogens is 392 g/mol. The van der Waals surface area contributed by atoms with Crippen molar-refractivity contribution in [2.45, 2.75) is 12.8 Å². The van der Waals surface area contributed by atoms with Gasteiger partial charge in [0.1, 0.15) is 5.75 Å². The maximum absolute atomic E-state index is 11.7. The van der Waals surface area contributed by atoms with Crippen LogP contribution in [-0.4, -0.2) is 31.5 Å². The van der Waals surface area contributed by atoms with Crippen LogP contribution in [0.2, 0.25) is 0 Å². The summed E-state index contributed by atoms with van der Waals surface area (Å²) in [7, 11) is 1.24. The van der Waals surface area contributed by atoms with Crippen LogP contribution in [-0.2, 0) is 19.1 Å². The van der Waals surface area contributed by atoms with Crippen molar-refractivity contribution in [3.63, 3.8) is 0 Å². The Hall–Kier alpha value is -2.61. The SMILES string of the molecule is COC(=O)CCC(=O)NNC(=O)COc1ccc2ccccc2c1Br. The number of rotatable bonds is 6. The molecular formula is C17H17BrN2O5. The largest absolute Gasteiger partial charge is 0.483 e. The van der Waals surface area contributed by atoms with Gasteiger partial charge in [0.2, 0.25) is 5.91 Å². The third-order valence-corrected chi connectivity index (χ3v) is 4.13. The van der Waals surface area contributed by atoms with E-state index >= 15 is 0 Å². The van der Waals surface area contributed by atoms with Crippen molar-refractivity contribution in [1.82, 2.24) is 10.9 Å². The van der Waals surface area contributed by atoms with Gasteiger partial charge in [0.05, 0.1) is 18.0 Å². The van der Waals surface area contributed by atoms with Crippen LogP contribution >= 0.6 is 15.9 Å². The van der Waals surface area contributed by atoms with Crippen molar-refractivity contribution in [3.8, 4) is 5.75 Å². The molecule has 0 saturated carbocycles. The third-order valence-electron chi connectivity index (χ3n) is 3.31. The first kappa shape index (κ1) is 18.7. The average molecular weight is 409 g/mol. The minimum absolute atomic E-state index is 0.0568. The van der Waals surface area contributed by atoms with Crippen LogP contribution in [0, 0.1) is 0 Å². The highest BCUT2D eigenvalue weighted by molar-refractivity contribution is 9.10. The molecule has 2 N–H and O–H groups in total. The molecule has 0 aliphatic carbocycles. The molecule has 7 nitrogen and oxygen atoms in total. The lowest BCUT2D eigenvalue weighted by Gasteiger charge is -2.11. The fourth-order valence-corrected chi connectivity index (χ4v) is 2.63. The third kappa shape index (κ3) is 5.46. The molecule has 2 aromatic rings. The molecule has 0 spiro atoms. The Balaban J connectivity index is 1.81. The van der Waals surface area contributed by atoms with Crippen molar-refractivity contribution >= 4 is 44.5 Å². The van der Waals surface area contributed by atoms with Gasteiger partial charge in [-0.25, -0.2) is 0 Å². The first-order valence-electron chi connectivity index (χ1n) is 7.46. The summed E-state index contributed by atoms with van der Waals surface area (Å²) >= 11 is 3.46. The molecule has 25 heavy (non-hydrogen) atoms. The molecule has 0 radical (unpaired) electrons. The summed E-state index contributed by atoms with van der Waals surface area (Å²) in [5.41, 5.74) is 4.42. The summed E-state index contributed by atoms with van der Waals surface area (Å²) in [4.78, 5) is 34.1. The van der Waals surface area contributed by atoms with Crippen molar-refractivity contribution in [2.75, 3.05) is 13.7 Å². The fourth-order valence-electron chi connectivity index (χ4n) is 2.02. The summed E-state index contributed by atoms with van der Waals surface area (Å²) in [5.74, 6) is -0.992. The topological polar surface area (TPSA) is 93.7 Å². The van der Waals surface area contributed by atoms with E-state index < -0.39 is 17.8 Å².